The van der Waals surface area contributed by atoms with Gasteiger partial charge in [-0.1, -0.05) is 0 Å². The van der Waals surface area contributed by atoms with Crippen LogP contribution in [0.2, 0.25) is 0 Å². The number of fused-ring (bicyclic) bond motifs is 1. The topological polar surface area (TPSA) is 56.7 Å². The predicted molar refractivity (Wildman–Crippen MR) is 117 cm³/mol. The van der Waals surface area contributed by atoms with Gasteiger partial charge in [0.1, 0.15) is 19.0 Å². The summed E-state index contributed by atoms with van der Waals surface area (Å²) >= 11 is 0. The van der Waals surface area contributed by atoms with Crippen molar-refractivity contribution in [1.82, 2.24) is 14.9 Å². The van der Waals surface area contributed by atoms with Crippen LogP contribution in [0, 0.1) is 19.7 Å². The van der Waals surface area contributed by atoms with Crippen LogP contribution in [0.1, 0.15) is 48.5 Å². The number of aryl methyl sites for hydroxylation is 2. The largest absolute Gasteiger partial charge is 0.484 e. The molecule has 2 atom stereocenters. The lowest BCUT2D eigenvalue weighted by atomic mass is 10.0. The minimum Gasteiger partial charge on any atom is -0.484 e. The number of piperidine rings is 1. The number of halogens is 1. The van der Waals surface area contributed by atoms with E-state index in [2.05, 4.69) is 27.0 Å². The fraction of sp³-hybridized carbons (Fsp3) is 0.545. The number of ether oxygens (including phenoxy) is 3. The number of pyridine rings is 2. The first-order valence-electron chi connectivity index (χ1n) is 10.3. The van der Waals surface area contributed by atoms with E-state index in [4.69, 9.17) is 14.2 Å². The van der Waals surface area contributed by atoms with Gasteiger partial charge in [-0.05, 0) is 57.9 Å². The van der Waals surface area contributed by atoms with Gasteiger partial charge in [-0.2, -0.15) is 13.5 Å². The molecule has 0 radical (unpaired) electrons. The SMILES string of the molecule is Cc1cc(CO[C@H]2CCCN([C@H](C)c3nc4c(cc3F)OCCO4)C2)cc(C)n1.S. The second kappa shape index (κ2) is 9.94. The van der Waals surface area contributed by atoms with Crippen molar-refractivity contribution in [3.8, 4) is 11.6 Å². The van der Waals surface area contributed by atoms with Crippen LogP contribution in [0.5, 0.6) is 11.6 Å². The highest BCUT2D eigenvalue weighted by Crippen LogP contribution is 2.34. The molecule has 6 nitrogen and oxygen atoms in total. The molecular formula is C22H30FN3O3S. The first-order chi connectivity index (χ1) is 14.0. The normalized spacial score (nSPS) is 19.8. The molecule has 164 valence electrons. The Kier molecular flexibility index (Phi) is 7.55. The molecule has 0 N–H and O–H groups in total. The molecule has 0 aromatic carbocycles. The summed E-state index contributed by atoms with van der Waals surface area (Å²) in [4.78, 5) is 11.1. The Morgan fingerprint density at radius 2 is 1.90 bits per heavy atom. The van der Waals surface area contributed by atoms with Gasteiger partial charge in [0.15, 0.2) is 5.75 Å². The molecule has 0 unspecified atom stereocenters. The number of likely N-dealkylation sites (tertiary alicyclic amines) is 1. The van der Waals surface area contributed by atoms with Crippen molar-refractivity contribution in [1.29, 1.82) is 0 Å². The summed E-state index contributed by atoms with van der Waals surface area (Å²) in [6, 6.07) is 5.34. The van der Waals surface area contributed by atoms with Crippen LogP contribution >= 0.6 is 13.5 Å². The van der Waals surface area contributed by atoms with Gasteiger partial charge in [0.2, 0.25) is 0 Å². The summed E-state index contributed by atoms with van der Waals surface area (Å²) < 4.78 is 31.8. The third kappa shape index (κ3) is 5.22. The highest BCUT2D eigenvalue weighted by molar-refractivity contribution is 7.59. The lowest BCUT2D eigenvalue weighted by Crippen LogP contribution is -2.41. The second-order valence-corrected chi connectivity index (χ2v) is 7.86. The van der Waals surface area contributed by atoms with Gasteiger partial charge in [0.25, 0.3) is 5.88 Å². The van der Waals surface area contributed by atoms with E-state index in [-0.39, 0.29) is 31.5 Å². The van der Waals surface area contributed by atoms with E-state index < -0.39 is 0 Å². The lowest BCUT2D eigenvalue weighted by Gasteiger charge is -2.36. The summed E-state index contributed by atoms with van der Waals surface area (Å²) in [5.41, 5.74) is 3.54. The van der Waals surface area contributed by atoms with Gasteiger partial charge in [-0.3, -0.25) is 9.88 Å². The summed E-state index contributed by atoms with van der Waals surface area (Å²) in [5.74, 6) is 0.410. The zero-order chi connectivity index (χ0) is 20.4. The highest BCUT2D eigenvalue weighted by atomic mass is 32.1. The molecule has 8 heteroatoms. The van der Waals surface area contributed by atoms with E-state index >= 15 is 0 Å². The number of rotatable bonds is 5. The minimum absolute atomic E-state index is 0. The van der Waals surface area contributed by atoms with Gasteiger partial charge < -0.3 is 14.2 Å². The van der Waals surface area contributed by atoms with Crippen LogP contribution in [0.4, 0.5) is 4.39 Å². The van der Waals surface area contributed by atoms with Gasteiger partial charge >= 0.3 is 0 Å². The molecule has 2 aliphatic rings. The fourth-order valence-electron chi connectivity index (χ4n) is 4.10. The average molecular weight is 436 g/mol. The number of nitrogens with zero attached hydrogens (tertiary/aromatic N) is 3. The maximum atomic E-state index is 14.7. The first-order valence-corrected chi connectivity index (χ1v) is 10.3. The van der Waals surface area contributed by atoms with Gasteiger partial charge in [-0.15, -0.1) is 0 Å². The molecule has 2 aromatic rings. The van der Waals surface area contributed by atoms with E-state index in [1.54, 1.807) is 0 Å². The van der Waals surface area contributed by atoms with E-state index in [1.165, 1.54) is 6.07 Å². The number of aromatic nitrogens is 2. The number of hydrogen-bond acceptors (Lipinski definition) is 6. The third-order valence-corrected chi connectivity index (χ3v) is 5.49. The van der Waals surface area contributed by atoms with Crippen LogP contribution < -0.4 is 9.47 Å². The molecule has 1 fully saturated rings. The van der Waals surface area contributed by atoms with Crippen molar-refractivity contribution >= 4 is 13.5 Å². The zero-order valence-electron chi connectivity index (χ0n) is 17.8. The molecule has 0 aliphatic carbocycles. The molecule has 0 amide bonds. The standard InChI is InChI=1S/C22H28FN3O3.H2S/c1-14-9-17(10-15(2)24-14)13-29-18-5-4-6-26(12-18)16(3)21-19(23)11-20-22(25-21)28-8-7-27-20;/h9-11,16,18H,4-8,12-13H2,1-3H3;1H2/t16-,18+;/m1./s1. The van der Waals surface area contributed by atoms with Crippen molar-refractivity contribution in [2.75, 3.05) is 26.3 Å². The molecule has 0 spiro atoms. The van der Waals surface area contributed by atoms with Gasteiger partial charge in [0.05, 0.1) is 24.4 Å². The van der Waals surface area contributed by atoms with Crippen molar-refractivity contribution in [2.24, 2.45) is 0 Å². The van der Waals surface area contributed by atoms with Crippen LogP contribution in [-0.4, -0.2) is 47.3 Å². The minimum atomic E-state index is -0.354. The summed E-state index contributed by atoms with van der Waals surface area (Å²) in [7, 11) is 0. The Bertz CT molecular complexity index is 863. The summed E-state index contributed by atoms with van der Waals surface area (Å²) in [6.07, 6.45) is 2.12. The molecule has 1 saturated heterocycles. The maximum absolute atomic E-state index is 14.7. The van der Waals surface area contributed by atoms with Crippen LogP contribution in [0.15, 0.2) is 18.2 Å². The molecule has 4 rings (SSSR count). The molecule has 0 bridgehead atoms. The van der Waals surface area contributed by atoms with Crippen LogP contribution in [0.25, 0.3) is 0 Å². The third-order valence-electron chi connectivity index (χ3n) is 5.49. The Balaban J connectivity index is 0.00000256. The number of hydrogen-bond donors (Lipinski definition) is 0. The van der Waals surface area contributed by atoms with Crippen molar-refractivity contribution < 1.29 is 18.6 Å². The molecule has 2 aromatic heterocycles. The summed E-state index contributed by atoms with van der Waals surface area (Å²) in [6.45, 7) is 9.04. The molecular weight excluding hydrogens is 405 g/mol. The van der Waals surface area contributed by atoms with Gasteiger partial charge in [0, 0.05) is 24.0 Å². The zero-order valence-corrected chi connectivity index (χ0v) is 18.8. The van der Waals surface area contributed by atoms with E-state index in [1.807, 2.05) is 20.8 Å². The van der Waals surface area contributed by atoms with E-state index in [0.29, 0.717) is 37.1 Å². The smallest absolute Gasteiger partial charge is 0.257 e. The van der Waals surface area contributed by atoms with E-state index in [9.17, 15) is 4.39 Å². The van der Waals surface area contributed by atoms with Gasteiger partial charge in [-0.25, -0.2) is 9.37 Å². The Morgan fingerprint density at radius 1 is 1.17 bits per heavy atom. The highest BCUT2D eigenvalue weighted by Gasteiger charge is 2.29. The second-order valence-electron chi connectivity index (χ2n) is 7.86. The molecule has 4 heterocycles. The quantitative estimate of drug-likeness (QED) is 0.711. The summed E-state index contributed by atoms with van der Waals surface area (Å²) in [5, 5.41) is 0. The Hall–Kier alpha value is -1.90. The van der Waals surface area contributed by atoms with Crippen molar-refractivity contribution in [2.45, 2.75) is 52.4 Å². The van der Waals surface area contributed by atoms with Crippen molar-refractivity contribution in [3.05, 3.63) is 46.7 Å². The molecule has 2 aliphatic heterocycles. The van der Waals surface area contributed by atoms with Crippen LogP contribution in [0.3, 0.4) is 0 Å². The Morgan fingerprint density at radius 3 is 2.67 bits per heavy atom. The Labute approximate surface area is 184 Å². The predicted octanol–water partition coefficient (Wildman–Crippen LogP) is 3.86. The molecule has 30 heavy (non-hydrogen) atoms. The fourth-order valence-corrected chi connectivity index (χ4v) is 4.10. The van der Waals surface area contributed by atoms with Crippen molar-refractivity contribution in [3.63, 3.8) is 0 Å². The first kappa shape index (κ1) is 22.8. The maximum Gasteiger partial charge on any atom is 0.257 e. The average Bonchev–Trinajstić information content (AvgIpc) is 2.71. The van der Waals surface area contributed by atoms with Crippen LogP contribution in [-0.2, 0) is 11.3 Å². The molecule has 0 saturated carbocycles. The monoisotopic (exact) mass is 435 g/mol. The lowest BCUT2D eigenvalue weighted by molar-refractivity contribution is -0.0208. The van der Waals surface area contributed by atoms with E-state index in [0.717, 1.165) is 42.9 Å².